The van der Waals surface area contributed by atoms with Gasteiger partial charge in [0.25, 0.3) is 0 Å². The molecule has 1 fully saturated rings. The van der Waals surface area contributed by atoms with E-state index in [2.05, 4.69) is 38.3 Å². The van der Waals surface area contributed by atoms with Crippen LogP contribution in [0.5, 0.6) is 5.75 Å². The summed E-state index contributed by atoms with van der Waals surface area (Å²) in [6.45, 7) is 2.14. The second-order valence-electron chi connectivity index (χ2n) is 7.12. The van der Waals surface area contributed by atoms with Crippen LogP contribution in [0.1, 0.15) is 18.5 Å². The third-order valence-electron chi connectivity index (χ3n) is 5.24. The van der Waals surface area contributed by atoms with E-state index in [0.29, 0.717) is 10.6 Å². The Morgan fingerprint density at radius 1 is 1.20 bits per heavy atom. The van der Waals surface area contributed by atoms with Crippen molar-refractivity contribution >= 4 is 18.1 Å². The van der Waals surface area contributed by atoms with Crippen LogP contribution < -0.4 is 20.9 Å². The van der Waals surface area contributed by atoms with Crippen molar-refractivity contribution in [1.82, 2.24) is 35.9 Å². The number of nitrogens with zero attached hydrogens (tertiary/aromatic N) is 3. The molecule has 3 unspecified atom stereocenters. The van der Waals surface area contributed by atoms with E-state index in [0.717, 1.165) is 16.9 Å². The highest BCUT2D eigenvalue weighted by Gasteiger charge is 2.34. The maximum atomic E-state index is 12.8. The summed E-state index contributed by atoms with van der Waals surface area (Å²) in [4.78, 5) is 16.8. The Bertz CT molecular complexity index is 1060. The first-order chi connectivity index (χ1) is 14.6. The molecule has 1 aromatic carbocycles. The van der Waals surface area contributed by atoms with E-state index in [4.69, 9.17) is 17.0 Å². The molecule has 3 atom stereocenters. The van der Waals surface area contributed by atoms with Gasteiger partial charge in [0.15, 0.2) is 10.6 Å². The zero-order valence-electron chi connectivity index (χ0n) is 16.6. The molecule has 1 aliphatic rings. The molecule has 10 heteroatoms. The number of aromatic nitrogens is 4. The minimum Gasteiger partial charge on any atom is -0.497 e. The zero-order chi connectivity index (χ0) is 21.1. The van der Waals surface area contributed by atoms with E-state index in [9.17, 15) is 4.79 Å². The van der Waals surface area contributed by atoms with Crippen molar-refractivity contribution in [3.63, 3.8) is 0 Å². The van der Waals surface area contributed by atoms with Gasteiger partial charge in [-0.2, -0.15) is 5.10 Å². The largest absolute Gasteiger partial charge is 0.497 e. The van der Waals surface area contributed by atoms with Crippen molar-refractivity contribution < 1.29 is 9.53 Å². The molecule has 1 amide bonds. The lowest BCUT2D eigenvalue weighted by Gasteiger charge is -2.20. The van der Waals surface area contributed by atoms with E-state index in [1.807, 2.05) is 36.4 Å². The first-order valence-electron chi connectivity index (χ1n) is 9.57. The molecule has 0 aliphatic carbocycles. The van der Waals surface area contributed by atoms with Gasteiger partial charge in [0, 0.05) is 23.9 Å². The van der Waals surface area contributed by atoms with Crippen LogP contribution >= 0.6 is 12.2 Å². The molecule has 0 saturated carbocycles. The average molecular weight is 426 g/mol. The molecule has 9 nitrogen and oxygen atoms in total. The highest BCUT2D eigenvalue weighted by atomic mass is 32.1. The number of ether oxygens (including phenoxy) is 1. The minimum absolute atomic E-state index is 0.0571. The second kappa shape index (κ2) is 8.74. The second-order valence-corrected chi connectivity index (χ2v) is 7.50. The zero-order valence-corrected chi connectivity index (χ0v) is 17.4. The first kappa shape index (κ1) is 20.2. The van der Waals surface area contributed by atoms with Gasteiger partial charge in [-0.25, -0.2) is 10.9 Å². The number of carbonyl (C=O) groups excluding carboxylic acids is 1. The van der Waals surface area contributed by atoms with E-state index in [1.165, 1.54) is 0 Å². The molecule has 30 heavy (non-hydrogen) atoms. The van der Waals surface area contributed by atoms with Gasteiger partial charge in [0.2, 0.25) is 5.91 Å². The van der Waals surface area contributed by atoms with Crippen molar-refractivity contribution in [2.24, 2.45) is 5.92 Å². The number of benzene rings is 1. The molecular formula is C20H23N7O2S. The summed E-state index contributed by atoms with van der Waals surface area (Å²) in [5.74, 6) is 1.31. The number of hydrogen-bond donors (Lipinski definition) is 4. The molecule has 0 radical (unpaired) electrons. The number of H-pyrrole nitrogens is 1. The lowest BCUT2D eigenvalue weighted by Crippen LogP contribution is -2.47. The summed E-state index contributed by atoms with van der Waals surface area (Å²) >= 11 is 5.33. The van der Waals surface area contributed by atoms with Gasteiger partial charge < -0.3 is 10.1 Å². The molecule has 0 bridgehead atoms. The van der Waals surface area contributed by atoms with Crippen LogP contribution in [0, 0.1) is 10.7 Å². The van der Waals surface area contributed by atoms with Gasteiger partial charge in [0.05, 0.1) is 19.3 Å². The molecule has 156 valence electrons. The Hall–Kier alpha value is -3.08. The third kappa shape index (κ3) is 4.11. The van der Waals surface area contributed by atoms with Gasteiger partial charge in [-0.3, -0.25) is 19.4 Å². The number of rotatable bonds is 6. The van der Waals surface area contributed by atoms with Crippen molar-refractivity contribution in [3.8, 4) is 17.1 Å². The van der Waals surface area contributed by atoms with Crippen LogP contribution in [-0.4, -0.2) is 38.9 Å². The molecule has 4 rings (SSSR count). The topological polar surface area (TPSA) is 109 Å². The maximum absolute atomic E-state index is 12.8. The molecule has 4 N–H and O–H groups in total. The van der Waals surface area contributed by atoms with Crippen LogP contribution in [0.4, 0.5) is 0 Å². The highest BCUT2D eigenvalue weighted by Crippen LogP contribution is 2.27. The molecule has 1 aliphatic heterocycles. The summed E-state index contributed by atoms with van der Waals surface area (Å²) in [6, 6.07) is 11.4. The monoisotopic (exact) mass is 425 g/mol. The van der Waals surface area contributed by atoms with E-state index < -0.39 is 0 Å². The molecule has 1 saturated heterocycles. The van der Waals surface area contributed by atoms with Crippen molar-refractivity contribution in [2.45, 2.75) is 25.7 Å². The van der Waals surface area contributed by atoms with Gasteiger partial charge in [-0.1, -0.05) is 6.92 Å². The summed E-state index contributed by atoms with van der Waals surface area (Å²) in [6.07, 6.45) is 3.30. The van der Waals surface area contributed by atoms with Crippen molar-refractivity contribution in [1.29, 1.82) is 0 Å². The van der Waals surface area contributed by atoms with Gasteiger partial charge in [-0.15, -0.1) is 0 Å². The van der Waals surface area contributed by atoms with Gasteiger partial charge >= 0.3 is 0 Å². The van der Waals surface area contributed by atoms with Crippen LogP contribution in [0.3, 0.4) is 0 Å². The standard InChI is InChI=1S/C20H23N7O2S/c1-12-17(13-7-9-21-10-8-13)23-24-18(12)22-16(28)11-27-19(25-26-20(27)30)14-3-5-15(29-2)6-4-14/h3-10,12,17-18,23-24H,11H2,1-2H3,(H,22,28)(H,26,30). The number of methoxy groups -OCH3 is 1. The SMILES string of the molecule is COc1ccc(-c2n[nH]c(=S)n2CC(=O)NC2NNC(c3ccncc3)C2C)cc1. The Morgan fingerprint density at radius 3 is 2.63 bits per heavy atom. The Kier molecular flexibility index (Phi) is 5.88. The fourth-order valence-electron chi connectivity index (χ4n) is 3.55. The highest BCUT2D eigenvalue weighted by molar-refractivity contribution is 7.71. The first-order valence-corrected chi connectivity index (χ1v) is 9.97. The summed E-state index contributed by atoms with van der Waals surface area (Å²) in [7, 11) is 1.61. The normalized spacial score (nSPS) is 20.8. The molecule has 2 aromatic heterocycles. The number of hydrogen-bond acceptors (Lipinski definition) is 7. The van der Waals surface area contributed by atoms with Crippen LogP contribution in [0.2, 0.25) is 0 Å². The number of amides is 1. The molecule has 3 heterocycles. The van der Waals surface area contributed by atoms with E-state index in [-0.39, 0.29) is 30.6 Å². The number of carbonyl (C=O) groups is 1. The number of pyridine rings is 1. The Morgan fingerprint density at radius 2 is 1.93 bits per heavy atom. The number of nitrogens with one attached hydrogen (secondary N) is 4. The lowest BCUT2D eigenvalue weighted by atomic mass is 9.95. The Balaban J connectivity index is 1.45. The molecular weight excluding hydrogens is 402 g/mol. The average Bonchev–Trinajstić information content (AvgIpc) is 3.31. The predicted octanol–water partition coefficient (Wildman–Crippen LogP) is 1.94. The smallest absolute Gasteiger partial charge is 0.241 e. The minimum atomic E-state index is -0.221. The predicted molar refractivity (Wildman–Crippen MR) is 114 cm³/mol. The Labute approximate surface area is 178 Å². The van der Waals surface area contributed by atoms with E-state index >= 15 is 0 Å². The van der Waals surface area contributed by atoms with Gasteiger partial charge in [-0.05, 0) is 54.2 Å². The van der Waals surface area contributed by atoms with Crippen LogP contribution in [0.25, 0.3) is 11.4 Å². The number of hydrazine groups is 1. The quantitative estimate of drug-likeness (QED) is 0.447. The van der Waals surface area contributed by atoms with Crippen molar-refractivity contribution in [3.05, 3.63) is 59.1 Å². The third-order valence-corrected chi connectivity index (χ3v) is 5.55. The fourth-order valence-corrected chi connectivity index (χ4v) is 3.74. The summed E-state index contributed by atoms with van der Waals surface area (Å²) in [5, 5.41) is 10.1. The fraction of sp³-hybridized carbons (Fsp3) is 0.300. The summed E-state index contributed by atoms with van der Waals surface area (Å²) < 4.78 is 7.26. The van der Waals surface area contributed by atoms with Crippen molar-refractivity contribution in [2.75, 3.05) is 7.11 Å². The molecule has 0 spiro atoms. The van der Waals surface area contributed by atoms with E-state index in [1.54, 1.807) is 24.1 Å². The van der Waals surface area contributed by atoms with Crippen LogP contribution in [-0.2, 0) is 11.3 Å². The number of aromatic amines is 1. The summed E-state index contributed by atoms with van der Waals surface area (Å²) in [5.41, 5.74) is 8.36. The molecule has 3 aromatic rings. The maximum Gasteiger partial charge on any atom is 0.241 e. The van der Waals surface area contributed by atoms with Crippen LogP contribution in [0.15, 0.2) is 48.8 Å². The lowest BCUT2D eigenvalue weighted by molar-refractivity contribution is -0.122. The van der Waals surface area contributed by atoms with Gasteiger partial charge in [0.1, 0.15) is 12.3 Å².